The van der Waals surface area contributed by atoms with E-state index in [1.54, 1.807) is 0 Å². The highest BCUT2D eigenvalue weighted by Gasteiger charge is 2.36. The molecule has 0 aliphatic carbocycles. The monoisotopic (exact) mass is 231 g/mol. The summed E-state index contributed by atoms with van der Waals surface area (Å²) >= 11 is 0. The van der Waals surface area contributed by atoms with Crippen molar-refractivity contribution in [3.05, 3.63) is 0 Å². The molecule has 1 aliphatic rings. The van der Waals surface area contributed by atoms with Gasteiger partial charge < -0.3 is 15.5 Å². The van der Waals surface area contributed by atoms with Crippen LogP contribution in [0.2, 0.25) is 0 Å². The SMILES string of the molecule is CC1(C)CC(O)CC(C)(C)N1.CCCCO. The van der Waals surface area contributed by atoms with Gasteiger partial charge in [0.15, 0.2) is 0 Å². The van der Waals surface area contributed by atoms with Crippen molar-refractivity contribution in [1.82, 2.24) is 5.32 Å². The first-order valence-corrected chi connectivity index (χ1v) is 6.31. The maximum atomic E-state index is 9.54. The van der Waals surface area contributed by atoms with Crippen molar-refractivity contribution in [3.8, 4) is 0 Å². The first kappa shape index (κ1) is 15.9. The van der Waals surface area contributed by atoms with Gasteiger partial charge in [-0.3, -0.25) is 0 Å². The van der Waals surface area contributed by atoms with Gasteiger partial charge in [0.2, 0.25) is 0 Å². The highest BCUT2D eigenvalue weighted by atomic mass is 16.3. The Morgan fingerprint density at radius 3 is 1.75 bits per heavy atom. The first-order chi connectivity index (χ1) is 7.22. The molecule has 0 radical (unpaired) electrons. The second-order valence-electron chi connectivity index (χ2n) is 6.03. The maximum absolute atomic E-state index is 9.54. The fraction of sp³-hybridized carbons (Fsp3) is 1.00. The molecule has 98 valence electrons. The van der Waals surface area contributed by atoms with Crippen molar-refractivity contribution in [1.29, 1.82) is 0 Å². The number of nitrogens with one attached hydrogen (secondary N) is 1. The Kier molecular flexibility index (Phi) is 6.53. The highest BCUT2D eigenvalue weighted by Crippen LogP contribution is 2.27. The van der Waals surface area contributed by atoms with Crippen LogP contribution in [0.3, 0.4) is 0 Å². The molecule has 0 bridgehead atoms. The predicted octanol–water partition coefficient (Wildman–Crippen LogP) is 2.07. The molecular formula is C13H29NO2. The third-order valence-electron chi connectivity index (χ3n) is 2.68. The summed E-state index contributed by atoms with van der Waals surface area (Å²) in [6, 6.07) is 0. The Labute approximate surface area is 100 Å². The van der Waals surface area contributed by atoms with Crippen LogP contribution in [0.1, 0.15) is 60.3 Å². The Bertz CT molecular complexity index is 172. The van der Waals surface area contributed by atoms with Crippen LogP contribution in [-0.4, -0.2) is 34.0 Å². The zero-order valence-corrected chi connectivity index (χ0v) is 11.5. The van der Waals surface area contributed by atoms with E-state index >= 15 is 0 Å². The second-order valence-corrected chi connectivity index (χ2v) is 6.03. The summed E-state index contributed by atoms with van der Waals surface area (Å²) in [5, 5.41) is 21.1. The van der Waals surface area contributed by atoms with Gasteiger partial charge in [-0.05, 0) is 47.0 Å². The van der Waals surface area contributed by atoms with Gasteiger partial charge in [-0.2, -0.15) is 0 Å². The quantitative estimate of drug-likeness (QED) is 0.682. The highest BCUT2D eigenvalue weighted by molar-refractivity contribution is 4.96. The van der Waals surface area contributed by atoms with E-state index in [9.17, 15) is 5.11 Å². The minimum Gasteiger partial charge on any atom is -0.396 e. The summed E-state index contributed by atoms with van der Waals surface area (Å²) in [5.41, 5.74) is 0.169. The molecule has 0 spiro atoms. The van der Waals surface area contributed by atoms with Gasteiger partial charge in [-0.15, -0.1) is 0 Å². The molecule has 16 heavy (non-hydrogen) atoms. The van der Waals surface area contributed by atoms with Gasteiger partial charge in [0.05, 0.1) is 6.10 Å². The van der Waals surface area contributed by atoms with Gasteiger partial charge in [-0.1, -0.05) is 13.3 Å². The van der Waals surface area contributed by atoms with Gasteiger partial charge in [0.1, 0.15) is 0 Å². The van der Waals surface area contributed by atoms with E-state index in [2.05, 4.69) is 39.9 Å². The van der Waals surface area contributed by atoms with Crippen LogP contribution in [0.4, 0.5) is 0 Å². The Morgan fingerprint density at radius 1 is 1.12 bits per heavy atom. The summed E-state index contributed by atoms with van der Waals surface area (Å²) in [6.07, 6.45) is 3.62. The van der Waals surface area contributed by atoms with Crippen LogP contribution >= 0.6 is 0 Å². The van der Waals surface area contributed by atoms with Crippen LogP contribution in [-0.2, 0) is 0 Å². The van der Waals surface area contributed by atoms with Crippen LogP contribution in [0.25, 0.3) is 0 Å². The molecule has 0 amide bonds. The van der Waals surface area contributed by atoms with E-state index in [0.717, 1.165) is 25.7 Å². The number of rotatable bonds is 2. The van der Waals surface area contributed by atoms with Crippen molar-refractivity contribution in [2.45, 2.75) is 77.5 Å². The average molecular weight is 231 g/mol. The topological polar surface area (TPSA) is 52.5 Å². The average Bonchev–Trinajstić information content (AvgIpc) is 1.98. The van der Waals surface area contributed by atoms with Gasteiger partial charge in [0, 0.05) is 17.7 Å². The van der Waals surface area contributed by atoms with Gasteiger partial charge >= 0.3 is 0 Å². The summed E-state index contributed by atoms with van der Waals surface area (Å²) in [6.45, 7) is 10.9. The zero-order chi connectivity index (χ0) is 12.8. The van der Waals surface area contributed by atoms with Crippen LogP contribution in [0.5, 0.6) is 0 Å². The Morgan fingerprint density at radius 2 is 1.56 bits per heavy atom. The van der Waals surface area contributed by atoms with Crippen molar-refractivity contribution >= 4 is 0 Å². The summed E-state index contributed by atoms with van der Waals surface area (Å²) in [4.78, 5) is 0. The van der Waals surface area contributed by atoms with Gasteiger partial charge in [-0.25, -0.2) is 0 Å². The minimum atomic E-state index is -0.138. The molecule has 0 aromatic heterocycles. The molecule has 1 saturated heterocycles. The molecule has 0 unspecified atom stereocenters. The van der Waals surface area contributed by atoms with E-state index in [1.165, 1.54) is 0 Å². The van der Waals surface area contributed by atoms with Crippen molar-refractivity contribution in [2.24, 2.45) is 0 Å². The number of hydrogen-bond donors (Lipinski definition) is 3. The molecule has 0 saturated carbocycles. The third kappa shape index (κ3) is 7.20. The molecule has 3 nitrogen and oxygen atoms in total. The molecule has 1 rings (SSSR count). The number of hydrogen-bond acceptors (Lipinski definition) is 3. The molecular weight excluding hydrogens is 202 g/mol. The number of piperidine rings is 1. The third-order valence-corrected chi connectivity index (χ3v) is 2.68. The zero-order valence-electron chi connectivity index (χ0n) is 11.5. The smallest absolute Gasteiger partial charge is 0.0575 e. The summed E-state index contributed by atoms with van der Waals surface area (Å²) in [5.74, 6) is 0. The fourth-order valence-corrected chi connectivity index (χ4v) is 2.43. The largest absolute Gasteiger partial charge is 0.396 e. The Hall–Kier alpha value is -0.120. The second kappa shape index (κ2) is 6.58. The minimum absolute atomic E-state index is 0.0845. The number of unbranched alkanes of at least 4 members (excludes halogenated alkanes) is 1. The summed E-state index contributed by atoms with van der Waals surface area (Å²) in [7, 11) is 0. The molecule has 1 aliphatic heterocycles. The van der Waals surface area contributed by atoms with Crippen LogP contribution in [0.15, 0.2) is 0 Å². The maximum Gasteiger partial charge on any atom is 0.0575 e. The number of aliphatic hydroxyl groups is 2. The van der Waals surface area contributed by atoms with E-state index in [1.807, 2.05) is 0 Å². The molecule has 0 aromatic rings. The van der Waals surface area contributed by atoms with Crippen molar-refractivity contribution in [2.75, 3.05) is 6.61 Å². The molecule has 1 heterocycles. The van der Waals surface area contributed by atoms with E-state index < -0.39 is 0 Å². The van der Waals surface area contributed by atoms with Crippen molar-refractivity contribution < 1.29 is 10.2 Å². The van der Waals surface area contributed by atoms with Gasteiger partial charge in [0.25, 0.3) is 0 Å². The summed E-state index contributed by atoms with van der Waals surface area (Å²) < 4.78 is 0. The normalized spacial score (nSPS) is 23.4. The lowest BCUT2D eigenvalue weighted by Gasteiger charge is -2.44. The lowest BCUT2D eigenvalue weighted by molar-refractivity contribution is 0.0396. The van der Waals surface area contributed by atoms with Crippen LogP contribution in [0, 0.1) is 0 Å². The van der Waals surface area contributed by atoms with Crippen molar-refractivity contribution in [3.63, 3.8) is 0 Å². The standard InChI is InChI=1S/C9H19NO.C4H10O/c1-8(2)5-7(11)6-9(3,4)10-8;1-2-3-4-5/h7,10-11H,5-6H2,1-4H3;5H,2-4H2,1H3. The molecule has 3 heteroatoms. The van der Waals surface area contributed by atoms with Crippen LogP contribution < -0.4 is 5.32 Å². The first-order valence-electron chi connectivity index (χ1n) is 6.31. The Balaban J connectivity index is 0.000000385. The lowest BCUT2D eigenvalue weighted by atomic mass is 9.81. The van der Waals surface area contributed by atoms with E-state index in [-0.39, 0.29) is 17.2 Å². The predicted molar refractivity (Wildman–Crippen MR) is 68.5 cm³/mol. The number of aliphatic hydroxyl groups excluding tert-OH is 2. The fourth-order valence-electron chi connectivity index (χ4n) is 2.43. The van der Waals surface area contributed by atoms with E-state index in [4.69, 9.17) is 5.11 Å². The molecule has 1 fully saturated rings. The molecule has 0 atom stereocenters. The molecule has 3 N–H and O–H groups in total. The molecule has 0 aromatic carbocycles. The van der Waals surface area contributed by atoms with E-state index in [0.29, 0.717) is 6.61 Å². The lowest BCUT2D eigenvalue weighted by Crippen LogP contribution is -2.59.